The highest BCUT2D eigenvalue weighted by molar-refractivity contribution is 6.77. The van der Waals surface area contributed by atoms with Gasteiger partial charge in [0.2, 0.25) is 5.78 Å². The van der Waals surface area contributed by atoms with E-state index < -0.39 is 9.58 Å². The van der Waals surface area contributed by atoms with Crippen LogP contribution in [0.5, 0.6) is 5.75 Å². The van der Waals surface area contributed by atoms with E-state index in [2.05, 4.69) is 4.98 Å². The first-order chi connectivity index (χ1) is 8.43. The second-order valence-corrected chi connectivity index (χ2v) is 5.95. The van der Waals surface area contributed by atoms with Crippen LogP contribution in [0.15, 0.2) is 24.4 Å². The molecule has 1 heterocycles. The molecule has 0 bridgehead atoms. The number of aromatic nitrogens is 1. The lowest BCUT2D eigenvalue weighted by Gasteiger charge is -2.08. The zero-order valence-corrected chi connectivity index (χ0v) is 11.7. The van der Waals surface area contributed by atoms with E-state index in [1.54, 1.807) is 18.2 Å². The zero-order chi connectivity index (χ0) is 13.3. The fraction of sp³-hybridized carbons (Fsp3) is 0.250. The van der Waals surface area contributed by atoms with E-state index in [-0.39, 0.29) is 0 Å². The van der Waals surface area contributed by atoms with Gasteiger partial charge in [0.25, 0.3) is 3.79 Å². The molecular weight excluding hydrogens is 296 g/mol. The molecule has 2 aromatic rings. The van der Waals surface area contributed by atoms with Crippen LogP contribution in [-0.2, 0) is 0 Å². The maximum absolute atomic E-state index is 11.9. The lowest BCUT2D eigenvalue weighted by atomic mass is 10.1. The van der Waals surface area contributed by atoms with Crippen LogP contribution in [-0.4, -0.2) is 21.2 Å². The summed E-state index contributed by atoms with van der Waals surface area (Å²) in [6.45, 7) is 2.48. The third-order valence-electron chi connectivity index (χ3n) is 2.47. The van der Waals surface area contributed by atoms with Crippen LogP contribution in [0.4, 0.5) is 0 Å². The molecule has 0 saturated carbocycles. The number of rotatable bonds is 3. The first kappa shape index (κ1) is 13.5. The Kier molecular flexibility index (Phi) is 3.76. The number of carbonyl (C=O) groups is 1. The fourth-order valence-corrected chi connectivity index (χ4v) is 2.01. The summed E-state index contributed by atoms with van der Waals surface area (Å²) in [5, 5.41) is 0.703. The maximum atomic E-state index is 11.9. The standard InChI is InChI=1S/C12H10Cl3NO2/c1-2-18-7-3-4-8-9(6-16-10(8)5-7)11(17)12(13,14)15/h3-6,16H,2H2,1H3. The highest BCUT2D eigenvalue weighted by Crippen LogP contribution is 2.33. The van der Waals surface area contributed by atoms with E-state index in [0.29, 0.717) is 17.6 Å². The van der Waals surface area contributed by atoms with Crippen molar-refractivity contribution in [1.29, 1.82) is 0 Å². The molecule has 1 aromatic carbocycles. The minimum Gasteiger partial charge on any atom is -0.494 e. The Labute approximate surface area is 119 Å². The third kappa shape index (κ3) is 2.58. The summed E-state index contributed by atoms with van der Waals surface area (Å²) in [6.07, 6.45) is 1.53. The van der Waals surface area contributed by atoms with Gasteiger partial charge in [-0.25, -0.2) is 0 Å². The second-order valence-electron chi connectivity index (χ2n) is 3.67. The van der Waals surface area contributed by atoms with E-state index >= 15 is 0 Å². The van der Waals surface area contributed by atoms with Crippen LogP contribution in [0.2, 0.25) is 0 Å². The molecule has 0 saturated heterocycles. The molecule has 2 rings (SSSR count). The molecule has 1 aromatic heterocycles. The first-order valence-electron chi connectivity index (χ1n) is 5.29. The molecule has 0 atom stereocenters. The molecule has 1 N–H and O–H groups in total. The largest absolute Gasteiger partial charge is 0.494 e. The number of H-pyrrole nitrogens is 1. The third-order valence-corrected chi connectivity index (χ3v) is 2.98. The molecule has 3 nitrogen and oxygen atoms in total. The predicted molar refractivity (Wildman–Crippen MR) is 74.1 cm³/mol. The molecule has 0 unspecified atom stereocenters. The molecule has 18 heavy (non-hydrogen) atoms. The number of ether oxygens (including phenoxy) is 1. The van der Waals surface area contributed by atoms with Gasteiger partial charge in [-0.1, -0.05) is 34.8 Å². The van der Waals surface area contributed by atoms with Crippen LogP contribution >= 0.6 is 34.8 Å². The first-order valence-corrected chi connectivity index (χ1v) is 6.42. The Balaban J connectivity index is 2.46. The molecule has 6 heteroatoms. The van der Waals surface area contributed by atoms with Gasteiger partial charge in [-0.3, -0.25) is 4.79 Å². The molecule has 96 valence electrons. The number of hydrogen-bond donors (Lipinski definition) is 1. The summed E-state index contributed by atoms with van der Waals surface area (Å²) < 4.78 is 3.42. The molecule has 0 radical (unpaired) electrons. The molecular formula is C12H10Cl3NO2. The Morgan fingerprint density at radius 2 is 2.11 bits per heavy atom. The van der Waals surface area contributed by atoms with E-state index in [9.17, 15) is 4.79 Å². The van der Waals surface area contributed by atoms with E-state index in [0.717, 1.165) is 11.3 Å². The quantitative estimate of drug-likeness (QED) is 0.684. The monoisotopic (exact) mass is 305 g/mol. The molecule has 0 amide bonds. The Morgan fingerprint density at radius 3 is 2.72 bits per heavy atom. The summed E-state index contributed by atoms with van der Waals surface area (Å²) in [5.74, 6) is 0.169. The van der Waals surface area contributed by atoms with Crippen molar-refractivity contribution in [3.8, 4) is 5.75 Å². The number of nitrogens with one attached hydrogen (secondary N) is 1. The van der Waals surface area contributed by atoms with E-state index in [1.165, 1.54) is 6.20 Å². The number of Topliss-reactive ketones (excluding diaryl/α,β-unsaturated/α-hetero) is 1. The SMILES string of the molecule is CCOc1ccc2c(C(=O)C(Cl)(Cl)Cl)c[nH]c2c1. The van der Waals surface area contributed by atoms with Crippen molar-refractivity contribution in [2.24, 2.45) is 0 Å². The normalized spacial score (nSPS) is 11.8. The van der Waals surface area contributed by atoms with Crippen molar-refractivity contribution in [1.82, 2.24) is 4.98 Å². The number of hydrogen-bond acceptors (Lipinski definition) is 2. The van der Waals surface area contributed by atoms with E-state index in [1.807, 2.05) is 6.92 Å². The van der Waals surface area contributed by atoms with Crippen molar-refractivity contribution >= 4 is 51.5 Å². The van der Waals surface area contributed by atoms with Gasteiger partial charge >= 0.3 is 0 Å². The van der Waals surface area contributed by atoms with Gasteiger partial charge in [-0.05, 0) is 19.1 Å². The van der Waals surface area contributed by atoms with Crippen molar-refractivity contribution in [3.05, 3.63) is 30.0 Å². The van der Waals surface area contributed by atoms with Gasteiger partial charge in [-0.15, -0.1) is 0 Å². The predicted octanol–water partition coefficient (Wildman–Crippen LogP) is 4.12. The summed E-state index contributed by atoms with van der Waals surface area (Å²) in [4.78, 5) is 14.9. The minimum atomic E-state index is -1.95. The fourth-order valence-electron chi connectivity index (χ4n) is 1.70. The van der Waals surface area contributed by atoms with E-state index in [4.69, 9.17) is 39.5 Å². The molecule has 0 aliphatic rings. The van der Waals surface area contributed by atoms with Crippen LogP contribution in [0.3, 0.4) is 0 Å². The van der Waals surface area contributed by atoms with Crippen LogP contribution < -0.4 is 4.74 Å². The molecule has 0 aliphatic carbocycles. The number of carbonyl (C=O) groups excluding carboxylic acids is 1. The summed E-state index contributed by atoms with van der Waals surface area (Å²) in [7, 11) is 0. The van der Waals surface area contributed by atoms with Gasteiger partial charge in [0.05, 0.1) is 6.61 Å². The minimum absolute atomic E-state index is 0.355. The van der Waals surface area contributed by atoms with Gasteiger partial charge in [0.1, 0.15) is 5.75 Å². The number of ketones is 1. The Morgan fingerprint density at radius 1 is 1.39 bits per heavy atom. The summed E-state index contributed by atoms with van der Waals surface area (Å²) >= 11 is 16.8. The lowest BCUT2D eigenvalue weighted by molar-refractivity contribution is 0.0998. The van der Waals surface area contributed by atoms with Crippen LogP contribution in [0.1, 0.15) is 17.3 Å². The van der Waals surface area contributed by atoms with Crippen molar-refractivity contribution < 1.29 is 9.53 Å². The van der Waals surface area contributed by atoms with Gasteiger partial charge < -0.3 is 9.72 Å². The summed E-state index contributed by atoms with van der Waals surface area (Å²) in [6, 6.07) is 5.34. The zero-order valence-electron chi connectivity index (χ0n) is 9.47. The smallest absolute Gasteiger partial charge is 0.253 e. The van der Waals surface area contributed by atoms with Gasteiger partial charge in [0.15, 0.2) is 0 Å². The number of aromatic amines is 1. The number of benzene rings is 1. The summed E-state index contributed by atoms with van der Waals surface area (Å²) in [5.41, 5.74) is 1.12. The number of fused-ring (bicyclic) bond motifs is 1. The second kappa shape index (κ2) is 5.00. The number of halogens is 3. The Hall–Kier alpha value is -0.900. The van der Waals surface area contributed by atoms with Crippen LogP contribution in [0, 0.1) is 0 Å². The van der Waals surface area contributed by atoms with Gasteiger partial charge in [-0.2, -0.15) is 0 Å². The maximum Gasteiger partial charge on any atom is 0.253 e. The Bertz CT molecular complexity index is 587. The van der Waals surface area contributed by atoms with Crippen molar-refractivity contribution in [2.75, 3.05) is 6.61 Å². The average Bonchev–Trinajstić information content (AvgIpc) is 2.70. The van der Waals surface area contributed by atoms with Gasteiger partial charge in [0, 0.05) is 28.7 Å². The highest BCUT2D eigenvalue weighted by Gasteiger charge is 2.33. The van der Waals surface area contributed by atoms with Crippen molar-refractivity contribution in [3.63, 3.8) is 0 Å². The molecule has 0 spiro atoms. The molecule has 0 fully saturated rings. The average molecular weight is 307 g/mol. The molecule has 0 aliphatic heterocycles. The topological polar surface area (TPSA) is 42.1 Å². The lowest BCUT2D eigenvalue weighted by Crippen LogP contribution is -2.18. The van der Waals surface area contributed by atoms with Crippen LogP contribution in [0.25, 0.3) is 10.9 Å². The highest BCUT2D eigenvalue weighted by atomic mass is 35.6. The van der Waals surface area contributed by atoms with Crippen molar-refractivity contribution in [2.45, 2.75) is 10.7 Å². The number of alkyl halides is 3.